The van der Waals surface area contributed by atoms with E-state index in [9.17, 15) is 4.39 Å². The van der Waals surface area contributed by atoms with Crippen molar-refractivity contribution >= 4 is 5.69 Å². The molecule has 0 bridgehead atoms. The molecule has 3 nitrogen and oxygen atoms in total. The summed E-state index contributed by atoms with van der Waals surface area (Å²) in [4.78, 5) is 0. The van der Waals surface area contributed by atoms with E-state index in [-0.39, 0.29) is 5.82 Å². The summed E-state index contributed by atoms with van der Waals surface area (Å²) in [7, 11) is 1.91. The van der Waals surface area contributed by atoms with Crippen molar-refractivity contribution in [2.75, 3.05) is 11.9 Å². The van der Waals surface area contributed by atoms with Crippen LogP contribution in [0.4, 0.5) is 10.1 Å². The van der Waals surface area contributed by atoms with E-state index in [2.05, 4.69) is 10.4 Å². The van der Waals surface area contributed by atoms with Gasteiger partial charge in [-0.25, -0.2) is 4.39 Å². The number of halogens is 1. The van der Waals surface area contributed by atoms with Gasteiger partial charge in [0.05, 0.1) is 11.4 Å². The fourth-order valence-electron chi connectivity index (χ4n) is 2.34. The molecule has 1 N–H and O–H groups in total. The Hall–Kier alpha value is -1.84. The fourth-order valence-corrected chi connectivity index (χ4v) is 2.34. The average Bonchev–Trinajstić information content (AvgIpc) is 2.68. The third-order valence-corrected chi connectivity index (χ3v) is 3.19. The molecule has 1 aromatic heterocycles. The number of nitrogens with one attached hydrogen (secondary N) is 1. The van der Waals surface area contributed by atoms with Crippen LogP contribution in [0.25, 0.3) is 11.3 Å². The minimum Gasteiger partial charge on any atom is -0.382 e. The van der Waals surface area contributed by atoms with Crippen LogP contribution in [0.1, 0.15) is 12.1 Å². The maximum Gasteiger partial charge on any atom is 0.132 e. The molecule has 1 aliphatic heterocycles. The Morgan fingerprint density at radius 3 is 3.00 bits per heavy atom. The zero-order valence-electron chi connectivity index (χ0n) is 9.70. The Kier molecular flexibility index (Phi) is 2.35. The molecule has 0 fully saturated rings. The second-order valence-corrected chi connectivity index (χ2v) is 4.30. The molecule has 2 aromatic rings. The molecule has 4 heteroatoms. The van der Waals surface area contributed by atoms with E-state index in [0.29, 0.717) is 5.56 Å². The number of hydrogen-bond donors (Lipinski definition) is 1. The molecule has 3 rings (SSSR count). The molecule has 0 spiro atoms. The molecule has 0 aliphatic carbocycles. The highest BCUT2D eigenvalue weighted by molar-refractivity contribution is 5.77. The molecule has 1 aromatic carbocycles. The summed E-state index contributed by atoms with van der Waals surface area (Å²) in [5, 5.41) is 7.77. The summed E-state index contributed by atoms with van der Waals surface area (Å²) in [5.41, 5.74) is 3.44. The van der Waals surface area contributed by atoms with E-state index in [4.69, 9.17) is 0 Å². The average molecular weight is 231 g/mol. The highest BCUT2D eigenvalue weighted by Crippen LogP contribution is 2.34. The first-order valence-electron chi connectivity index (χ1n) is 5.82. The Balaban J connectivity index is 2.19. The van der Waals surface area contributed by atoms with Gasteiger partial charge in [0.15, 0.2) is 0 Å². The standard InChI is InChI=1S/C13H14FN3/c1-17-11-7-4-8-15-13(11)12(16-17)9-5-2-3-6-10(9)14/h2-3,5-6,15H,4,7-8H2,1H3. The van der Waals surface area contributed by atoms with Gasteiger partial charge in [0.25, 0.3) is 0 Å². The molecule has 0 saturated carbocycles. The van der Waals surface area contributed by atoms with Crippen LogP contribution in [0.15, 0.2) is 24.3 Å². The maximum absolute atomic E-state index is 13.8. The number of nitrogens with zero attached hydrogens (tertiary/aromatic N) is 2. The molecule has 88 valence electrons. The molecule has 0 unspecified atom stereocenters. The molecule has 1 aliphatic rings. The zero-order chi connectivity index (χ0) is 11.8. The molecular formula is C13H14FN3. The summed E-state index contributed by atoms with van der Waals surface area (Å²) < 4.78 is 15.6. The smallest absolute Gasteiger partial charge is 0.132 e. The van der Waals surface area contributed by atoms with Crippen molar-refractivity contribution in [3.63, 3.8) is 0 Å². The van der Waals surface area contributed by atoms with E-state index in [1.807, 2.05) is 17.8 Å². The van der Waals surface area contributed by atoms with E-state index in [0.717, 1.165) is 36.5 Å². The molecule has 0 saturated heterocycles. The third kappa shape index (κ3) is 1.60. The monoisotopic (exact) mass is 231 g/mol. The highest BCUT2D eigenvalue weighted by atomic mass is 19.1. The van der Waals surface area contributed by atoms with E-state index in [1.54, 1.807) is 12.1 Å². The summed E-state index contributed by atoms with van der Waals surface area (Å²) in [6, 6.07) is 6.78. The minimum atomic E-state index is -0.222. The predicted molar refractivity (Wildman–Crippen MR) is 65.4 cm³/mol. The number of aromatic nitrogens is 2. The van der Waals surface area contributed by atoms with Crippen molar-refractivity contribution < 1.29 is 4.39 Å². The Morgan fingerprint density at radius 1 is 1.35 bits per heavy atom. The van der Waals surface area contributed by atoms with Crippen molar-refractivity contribution in [3.05, 3.63) is 35.8 Å². The van der Waals surface area contributed by atoms with Gasteiger partial charge in [0.2, 0.25) is 0 Å². The summed E-state index contributed by atoms with van der Waals surface area (Å²) in [6.45, 7) is 0.931. The lowest BCUT2D eigenvalue weighted by Gasteiger charge is -2.15. The van der Waals surface area contributed by atoms with Crippen LogP contribution in [0.3, 0.4) is 0 Å². The number of anilines is 1. The summed E-state index contributed by atoms with van der Waals surface area (Å²) in [5.74, 6) is -0.222. The van der Waals surface area contributed by atoms with Gasteiger partial charge in [0.1, 0.15) is 11.5 Å². The lowest BCUT2D eigenvalue weighted by atomic mass is 10.1. The first-order valence-corrected chi connectivity index (χ1v) is 5.82. The van der Waals surface area contributed by atoms with E-state index in [1.165, 1.54) is 6.07 Å². The number of aryl methyl sites for hydroxylation is 1. The molecule has 0 atom stereocenters. The van der Waals surface area contributed by atoms with Gasteiger partial charge in [-0.3, -0.25) is 4.68 Å². The number of rotatable bonds is 1. The van der Waals surface area contributed by atoms with Gasteiger partial charge in [-0.15, -0.1) is 0 Å². The summed E-state index contributed by atoms with van der Waals surface area (Å²) in [6.07, 6.45) is 2.10. The predicted octanol–water partition coefficient (Wildman–Crippen LogP) is 2.58. The minimum absolute atomic E-state index is 0.222. The fraction of sp³-hybridized carbons (Fsp3) is 0.308. The molecule has 0 radical (unpaired) electrons. The normalized spacial score (nSPS) is 14.2. The number of fused-ring (bicyclic) bond motifs is 1. The van der Waals surface area contributed by atoms with Gasteiger partial charge in [-0.05, 0) is 25.0 Å². The van der Waals surface area contributed by atoms with Crippen molar-refractivity contribution in [1.29, 1.82) is 0 Å². The van der Waals surface area contributed by atoms with Gasteiger partial charge in [-0.2, -0.15) is 5.10 Å². The molecule has 17 heavy (non-hydrogen) atoms. The lowest BCUT2D eigenvalue weighted by molar-refractivity contribution is 0.629. The van der Waals surface area contributed by atoms with Crippen LogP contribution >= 0.6 is 0 Å². The van der Waals surface area contributed by atoms with Crippen molar-refractivity contribution in [3.8, 4) is 11.3 Å². The maximum atomic E-state index is 13.8. The van der Waals surface area contributed by atoms with Crippen LogP contribution in [0, 0.1) is 5.82 Å². The zero-order valence-corrected chi connectivity index (χ0v) is 9.70. The Morgan fingerprint density at radius 2 is 2.18 bits per heavy atom. The Labute approximate surface area is 99.3 Å². The van der Waals surface area contributed by atoms with Gasteiger partial charge in [-0.1, -0.05) is 12.1 Å². The first-order chi connectivity index (χ1) is 8.27. The van der Waals surface area contributed by atoms with Crippen LogP contribution in [0.5, 0.6) is 0 Å². The Bertz CT molecular complexity index is 560. The first kappa shape index (κ1) is 10.3. The van der Waals surface area contributed by atoms with Gasteiger partial charge >= 0.3 is 0 Å². The lowest BCUT2D eigenvalue weighted by Crippen LogP contribution is -2.13. The van der Waals surface area contributed by atoms with Crippen molar-refractivity contribution in [2.24, 2.45) is 7.05 Å². The quantitative estimate of drug-likeness (QED) is 0.817. The van der Waals surface area contributed by atoms with Crippen LogP contribution in [-0.4, -0.2) is 16.3 Å². The van der Waals surface area contributed by atoms with E-state index >= 15 is 0 Å². The largest absolute Gasteiger partial charge is 0.382 e. The SMILES string of the molecule is Cn1nc(-c2ccccc2F)c2c1CCCN2. The van der Waals surface area contributed by atoms with Crippen LogP contribution in [-0.2, 0) is 13.5 Å². The molecule has 0 amide bonds. The topological polar surface area (TPSA) is 29.9 Å². The summed E-state index contributed by atoms with van der Waals surface area (Å²) >= 11 is 0. The molecule has 2 heterocycles. The number of hydrogen-bond acceptors (Lipinski definition) is 2. The highest BCUT2D eigenvalue weighted by Gasteiger charge is 2.21. The van der Waals surface area contributed by atoms with Crippen molar-refractivity contribution in [1.82, 2.24) is 9.78 Å². The van der Waals surface area contributed by atoms with Crippen molar-refractivity contribution in [2.45, 2.75) is 12.8 Å². The van der Waals surface area contributed by atoms with E-state index < -0.39 is 0 Å². The second-order valence-electron chi connectivity index (χ2n) is 4.30. The molecular weight excluding hydrogens is 217 g/mol. The van der Waals surface area contributed by atoms with Crippen LogP contribution < -0.4 is 5.32 Å². The number of benzene rings is 1. The second kappa shape index (κ2) is 3.87. The van der Waals surface area contributed by atoms with Crippen LogP contribution in [0.2, 0.25) is 0 Å². The van der Waals surface area contributed by atoms with Gasteiger partial charge in [0, 0.05) is 19.2 Å². The third-order valence-electron chi connectivity index (χ3n) is 3.19. The van der Waals surface area contributed by atoms with Gasteiger partial charge < -0.3 is 5.32 Å².